The second-order valence-corrected chi connectivity index (χ2v) is 7.37. The molecule has 3 aromatic rings. The van der Waals surface area contributed by atoms with E-state index in [9.17, 15) is 14.9 Å². The van der Waals surface area contributed by atoms with Gasteiger partial charge in [-0.05, 0) is 40.2 Å². The van der Waals surface area contributed by atoms with Crippen LogP contribution in [-0.2, 0) is 6.54 Å². The van der Waals surface area contributed by atoms with Crippen LogP contribution in [0.25, 0.3) is 5.69 Å². The van der Waals surface area contributed by atoms with Gasteiger partial charge in [-0.3, -0.25) is 14.9 Å². The molecule has 1 amide bonds. The number of carbonyl (C=O) groups excluding carboxylic acids is 1. The van der Waals surface area contributed by atoms with E-state index in [0.29, 0.717) is 12.2 Å². The first-order valence-electron chi connectivity index (χ1n) is 6.84. The monoisotopic (exact) mass is 406 g/mol. The van der Waals surface area contributed by atoms with E-state index in [0.717, 1.165) is 8.66 Å². The number of rotatable bonds is 5. The van der Waals surface area contributed by atoms with Crippen LogP contribution in [0.1, 0.15) is 15.2 Å². The van der Waals surface area contributed by atoms with Gasteiger partial charge < -0.3 is 9.88 Å². The van der Waals surface area contributed by atoms with Crippen molar-refractivity contribution in [1.29, 1.82) is 0 Å². The summed E-state index contributed by atoms with van der Waals surface area (Å²) in [5.41, 5.74) is 0.442. The van der Waals surface area contributed by atoms with Gasteiger partial charge in [-0.15, -0.1) is 11.3 Å². The Morgan fingerprint density at radius 1 is 1.38 bits per heavy atom. The van der Waals surface area contributed by atoms with Crippen LogP contribution < -0.4 is 5.32 Å². The molecular formula is C15H11BrN4O3S. The van der Waals surface area contributed by atoms with Gasteiger partial charge in [0.05, 0.1) is 21.6 Å². The predicted molar refractivity (Wildman–Crippen MR) is 93.4 cm³/mol. The molecule has 2 aromatic heterocycles. The lowest BCUT2D eigenvalue weighted by Gasteiger charge is -2.07. The molecule has 24 heavy (non-hydrogen) atoms. The smallest absolute Gasteiger partial charge is 0.294 e. The molecule has 122 valence electrons. The van der Waals surface area contributed by atoms with Crippen LogP contribution in [0.3, 0.4) is 0 Å². The Labute approximate surface area is 149 Å². The van der Waals surface area contributed by atoms with Crippen molar-refractivity contribution in [3.05, 3.63) is 73.4 Å². The summed E-state index contributed by atoms with van der Waals surface area (Å²) >= 11 is 4.88. The van der Waals surface area contributed by atoms with Crippen LogP contribution in [0, 0.1) is 10.1 Å². The number of hydrogen-bond donors (Lipinski definition) is 1. The van der Waals surface area contributed by atoms with Crippen molar-refractivity contribution in [1.82, 2.24) is 14.9 Å². The van der Waals surface area contributed by atoms with Crippen LogP contribution in [-0.4, -0.2) is 20.4 Å². The van der Waals surface area contributed by atoms with Gasteiger partial charge in [0.1, 0.15) is 5.69 Å². The van der Waals surface area contributed by atoms with Crippen LogP contribution in [0.4, 0.5) is 5.69 Å². The zero-order valence-corrected chi connectivity index (χ0v) is 14.6. The van der Waals surface area contributed by atoms with Crippen molar-refractivity contribution in [3.63, 3.8) is 0 Å². The fourth-order valence-corrected chi connectivity index (χ4v) is 3.57. The molecule has 2 heterocycles. The lowest BCUT2D eigenvalue weighted by Crippen LogP contribution is -2.22. The Bertz CT molecular complexity index is 892. The number of nitrogens with one attached hydrogen (secondary N) is 1. The summed E-state index contributed by atoms with van der Waals surface area (Å²) in [6.07, 6.45) is 4.61. The number of hydrogen-bond acceptors (Lipinski definition) is 5. The molecule has 0 saturated carbocycles. The van der Waals surface area contributed by atoms with Gasteiger partial charge >= 0.3 is 0 Å². The summed E-state index contributed by atoms with van der Waals surface area (Å²) in [4.78, 5) is 27.9. The largest absolute Gasteiger partial charge is 0.347 e. The highest BCUT2D eigenvalue weighted by Crippen LogP contribution is 2.25. The first-order valence-corrected chi connectivity index (χ1v) is 8.45. The van der Waals surface area contributed by atoms with Gasteiger partial charge in [0.15, 0.2) is 0 Å². The first kappa shape index (κ1) is 16.3. The molecule has 0 spiro atoms. The summed E-state index contributed by atoms with van der Waals surface area (Å²) in [6.45, 7) is 0.367. The lowest BCUT2D eigenvalue weighted by molar-refractivity contribution is -0.384. The maximum Gasteiger partial charge on any atom is 0.294 e. The van der Waals surface area contributed by atoms with Gasteiger partial charge in [0.25, 0.3) is 11.6 Å². The van der Waals surface area contributed by atoms with Gasteiger partial charge in [-0.25, -0.2) is 4.98 Å². The van der Waals surface area contributed by atoms with E-state index in [4.69, 9.17) is 0 Å². The lowest BCUT2D eigenvalue weighted by atomic mass is 10.1. The molecule has 0 radical (unpaired) electrons. The topological polar surface area (TPSA) is 90.1 Å². The molecule has 0 aliphatic rings. The molecule has 0 atom stereocenters. The van der Waals surface area contributed by atoms with Crippen molar-refractivity contribution in [2.45, 2.75) is 6.54 Å². The summed E-state index contributed by atoms with van der Waals surface area (Å²) < 4.78 is 2.51. The molecule has 0 bridgehead atoms. The predicted octanol–water partition coefficient (Wildman–Crippen LogP) is 3.53. The molecule has 7 nitrogen and oxygen atoms in total. The molecular weight excluding hydrogens is 396 g/mol. The van der Waals surface area contributed by atoms with Crippen LogP contribution >= 0.6 is 27.3 Å². The number of nitro groups is 1. The quantitative estimate of drug-likeness (QED) is 0.518. The molecule has 3 rings (SSSR count). The van der Waals surface area contributed by atoms with Crippen molar-refractivity contribution in [3.8, 4) is 5.69 Å². The maximum atomic E-state index is 12.2. The number of amides is 1. The Hall–Kier alpha value is -2.52. The number of nitro benzene ring substituents is 1. The second-order valence-electron chi connectivity index (χ2n) is 4.82. The van der Waals surface area contributed by atoms with Crippen molar-refractivity contribution in [2.75, 3.05) is 0 Å². The minimum Gasteiger partial charge on any atom is -0.347 e. The first-order chi connectivity index (χ1) is 11.5. The average Bonchev–Trinajstić information content (AvgIpc) is 3.23. The molecule has 1 N–H and O–H groups in total. The highest BCUT2D eigenvalue weighted by atomic mass is 79.9. The van der Waals surface area contributed by atoms with E-state index in [1.54, 1.807) is 12.3 Å². The number of carbonyl (C=O) groups is 1. The van der Waals surface area contributed by atoms with E-state index < -0.39 is 4.92 Å². The number of nitrogens with zero attached hydrogens (tertiary/aromatic N) is 3. The Balaban J connectivity index is 1.82. The standard InChI is InChI=1S/C15H11BrN4O3S/c16-14-4-2-11(24-14)8-18-15(21)10-1-3-12(13(7-10)20(22)23)19-6-5-17-9-19/h1-7,9H,8H2,(H,18,21). The fraction of sp³-hybridized carbons (Fsp3) is 0.0667. The van der Waals surface area contributed by atoms with Crippen molar-refractivity contribution < 1.29 is 9.72 Å². The number of halogens is 1. The van der Waals surface area contributed by atoms with E-state index in [1.165, 1.54) is 40.6 Å². The Morgan fingerprint density at radius 2 is 2.21 bits per heavy atom. The number of imidazole rings is 1. The van der Waals surface area contributed by atoms with Gasteiger partial charge in [-0.2, -0.15) is 0 Å². The number of benzene rings is 1. The van der Waals surface area contributed by atoms with Gasteiger partial charge in [0.2, 0.25) is 0 Å². The Kier molecular flexibility index (Phi) is 4.72. The van der Waals surface area contributed by atoms with Crippen molar-refractivity contribution >= 4 is 38.9 Å². The average molecular weight is 407 g/mol. The van der Waals surface area contributed by atoms with Crippen molar-refractivity contribution in [2.24, 2.45) is 0 Å². The van der Waals surface area contributed by atoms with E-state index in [1.807, 2.05) is 12.1 Å². The van der Waals surface area contributed by atoms with E-state index in [-0.39, 0.29) is 17.2 Å². The zero-order chi connectivity index (χ0) is 17.1. The van der Waals surface area contributed by atoms with Gasteiger partial charge in [0, 0.05) is 28.9 Å². The third-order valence-corrected chi connectivity index (χ3v) is 4.89. The summed E-state index contributed by atoms with van der Waals surface area (Å²) in [5, 5.41) is 14.1. The van der Waals surface area contributed by atoms with Crippen LogP contribution in [0.5, 0.6) is 0 Å². The van der Waals surface area contributed by atoms with E-state index in [2.05, 4.69) is 26.2 Å². The highest BCUT2D eigenvalue weighted by Gasteiger charge is 2.18. The fourth-order valence-electron chi connectivity index (χ4n) is 2.15. The van der Waals surface area contributed by atoms with Gasteiger partial charge in [-0.1, -0.05) is 0 Å². The SMILES string of the molecule is O=C(NCc1ccc(Br)s1)c1ccc(-n2ccnc2)c([N+](=O)[O-])c1. The highest BCUT2D eigenvalue weighted by molar-refractivity contribution is 9.11. The minimum absolute atomic E-state index is 0.153. The number of thiophene rings is 1. The Morgan fingerprint density at radius 3 is 2.83 bits per heavy atom. The molecule has 1 aromatic carbocycles. The summed E-state index contributed by atoms with van der Waals surface area (Å²) in [7, 11) is 0. The normalized spacial score (nSPS) is 10.5. The number of aromatic nitrogens is 2. The van der Waals surface area contributed by atoms with Crippen LogP contribution in [0.2, 0.25) is 0 Å². The third-order valence-electron chi connectivity index (χ3n) is 3.27. The molecule has 0 fully saturated rings. The molecule has 0 unspecified atom stereocenters. The summed E-state index contributed by atoms with van der Waals surface area (Å²) in [5.74, 6) is -0.361. The van der Waals surface area contributed by atoms with E-state index >= 15 is 0 Å². The zero-order valence-electron chi connectivity index (χ0n) is 12.2. The third kappa shape index (κ3) is 3.52. The molecule has 9 heteroatoms. The maximum absolute atomic E-state index is 12.2. The minimum atomic E-state index is -0.511. The molecule has 0 aliphatic carbocycles. The molecule has 0 saturated heterocycles. The second kappa shape index (κ2) is 6.93. The van der Waals surface area contributed by atoms with Crippen LogP contribution in [0.15, 0.2) is 52.8 Å². The molecule has 0 aliphatic heterocycles. The summed E-state index contributed by atoms with van der Waals surface area (Å²) in [6, 6.07) is 8.17.